The zero-order valence-electron chi connectivity index (χ0n) is 14.3. The van der Waals surface area contributed by atoms with Crippen molar-refractivity contribution in [1.29, 1.82) is 0 Å². The molecule has 0 saturated heterocycles. The number of nitrogens with one attached hydrogen (secondary N) is 2. The number of anilines is 1. The highest BCUT2D eigenvalue weighted by molar-refractivity contribution is 6.29. The maximum absolute atomic E-state index is 12.5. The summed E-state index contributed by atoms with van der Waals surface area (Å²) in [6, 6.07) is 2.62. The summed E-state index contributed by atoms with van der Waals surface area (Å²) >= 11 is 5.74. The first-order chi connectivity index (χ1) is 11.2. The van der Waals surface area contributed by atoms with Gasteiger partial charge < -0.3 is 15.4 Å². The van der Waals surface area contributed by atoms with Crippen LogP contribution in [0, 0.1) is 5.92 Å². The van der Waals surface area contributed by atoms with Gasteiger partial charge in [-0.05, 0) is 51.7 Å². The standard InChI is InChI=1S/C17H24ClN3O3/c1-17(2,3)24-16(23)21-13(8-6-11-4-5-11)15(22)20-12-7-9-14(18)19-10-12/h7,9-11,13H,4-6,8H2,1-3H3,(H,20,22)(H,21,23). The van der Waals surface area contributed by atoms with Crippen LogP contribution in [0.5, 0.6) is 0 Å². The van der Waals surface area contributed by atoms with Gasteiger partial charge in [0.2, 0.25) is 5.91 Å². The first-order valence-electron chi connectivity index (χ1n) is 8.15. The summed E-state index contributed by atoms with van der Waals surface area (Å²) in [5.74, 6) is 0.378. The second-order valence-electron chi connectivity index (χ2n) is 7.08. The van der Waals surface area contributed by atoms with Gasteiger partial charge in [0.25, 0.3) is 0 Å². The molecule has 1 aliphatic carbocycles. The van der Waals surface area contributed by atoms with Crippen LogP contribution in [0.2, 0.25) is 5.15 Å². The number of aromatic nitrogens is 1. The normalized spacial score (nSPS) is 15.5. The molecule has 0 spiro atoms. The quantitative estimate of drug-likeness (QED) is 0.763. The molecule has 2 rings (SSSR count). The Kier molecular flexibility index (Phi) is 6.04. The molecule has 1 saturated carbocycles. The van der Waals surface area contributed by atoms with Crippen LogP contribution in [0.15, 0.2) is 18.3 Å². The van der Waals surface area contributed by atoms with E-state index in [0.717, 1.165) is 6.42 Å². The Hall–Kier alpha value is -1.82. The number of carbonyl (C=O) groups is 2. The second-order valence-corrected chi connectivity index (χ2v) is 7.47. The summed E-state index contributed by atoms with van der Waals surface area (Å²) in [4.78, 5) is 28.4. The van der Waals surface area contributed by atoms with E-state index in [9.17, 15) is 9.59 Å². The molecule has 1 atom stereocenters. The van der Waals surface area contributed by atoms with Gasteiger partial charge in [0.15, 0.2) is 0 Å². The number of nitrogens with zero attached hydrogens (tertiary/aromatic N) is 1. The van der Waals surface area contributed by atoms with E-state index in [0.29, 0.717) is 23.2 Å². The van der Waals surface area contributed by atoms with Crippen molar-refractivity contribution in [3.8, 4) is 0 Å². The van der Waals surface area contributed by atoms with Crippen LogP contribution in [0.3, 0.4) is 0 Å². The van der Waals surface area contributed by atoms with Crippen molar-refractivity contribution in [1.82, 2.24) is 10.3 Å². The molecule has 6 nitrogen and oxygen atoms in total. The van der Waals surface area contributed by atoms with Crippen LogP contribution in [0.4, 0.5) is 10.5 Å². The Morgan fingerprint density at radius 3 is 2.62 bits per heavy atom. The summed E-state index contributed by atoms with van der Waals surface area (Å²) in [7, 11) is 0. The third-order valence-corrected chi connectivity index (χ3v) is 3.79. The lowest BCUT2D eigenvalue weighted by Gasteiger charge is -2.23. The zero-order chi connectivity index (χ0) is 17.7. The number of alkyl carbamates (subject to hydrolysis) is 1. The molecule has 0 bridgehead atoms. The molecule has 7 heteroatoms. The van der Waals surface area contributed by atoms with Gasteiger partial charge in [-0.3, -0.25) is 4.79 Å². The summed E-state index contributed by atoms with van der Waals surface area (Å²) in [5.41, 5.74) is -0.0753. The predicted octanol–water partition coefficient (Wildman–Crippen LogP) is 3.76. The molecule has 1 aliphatic rings. The molecule has 2 N–H and O–H groups in total. The van der Waals surface area contributed by atoms with Gasteiger partial charge in [-0.2, -0.15) is 0 Å². The highest BCUT2D eigenvalue weighted by atomic mass is 35.5. The largest absolute Gasteiger partial charge is 0.444 e. The van der Waals surface area contributed by atoms with Crippen molar-refractivity contribution >= 4 is 29.3 Å². The third-order valence-electron chi connectivity index (χ3n) is 3.56. The molecule has 0 aromatic carbocycles. The van der Waals surface area contributed by atoms with E-state index < -0.39 is 17.7 Å². The lowest BCUT2D eigenvalue weighted by Crippen LogP contribution is -2.45. The molecule has 1 fully saturated rings. The second kappa shape index (κ2) is 7.83. The molecule has 1 aromatic heterocycles. The van der Waals surface area contributed by atoms with Gasteiger partial charge in [0, 0.05) is 0 Å². The number of pyridine rings is 1. The van der Waals surface area contributed by atoms with Crippen LogP contribution in [-0.2, 0) is 9.53 Å². The van der Waals surface area contributed by atoms with E-state index in [4.69, 9.17) is 16.3 Å². The van der Waals surface area contributed by atoms with E-state index in [1.807, 2.05) is 0 Å². The fourth-order valence-corrected chi connectivity index (χ4v) is 2.32. The van der Waals surface area contributed by atoms with Crippen molar-refractivity contribution < 1.29 is 14.3 Å². The number of carbonyl (C=O) groups excluding carboxylic acids is 2. The minimum absolute atomic E-state index is 0.286. The SMILES string of the molecule is CC(C)(C)OC(=O)NC(CCC1CC1)C(=O)Nc1ccc(Cl)nc1. The number of hydrogen-bond donors (Lipinski definition) is 2. The minimum Gasteiger partial charge on any atom is -0.444 e. The monoisotopic (exact) mass is 353 g/mol. The molecule has 2 amide bonds. The van der Waals surface area contributed by atoms with Gasteiger partial charge in [0.1, 0.15) is 16.8 Å². The smallest absolute Gasteiger partial charge is 0.408 e. The number of rotatable bonds is 6. The van der Waals surface area contributed by atoms with E-state index in [1.165, 1.54) is 19.0 Å². The first-order valence-corrected chi connectivity index (χ1v) is 8.52. The molecule has 1 aromatic rings. The van der Waals surface area contributed by atoms with Gasteiger partial charge in [0.05, 0.1) is 11.9 Å². The maximum atomic E-state index is 12.5. The lowest BCUT2D eigenvalue weighted by molar-refractivity contribution is -0.118. The van der Waals surface area contributed by atoms with Crippen molar-refractivity contribution in [2.75, 3.05) is 5.32 Å². The van der Waals surface area contributed by atoms with Gasteiger partial charge in [-0.15, -0.1) is 0 Å². The van der Waals surface area contributed by atoms with Crippen LogP contribution in [-0.4, -0.2) is 28.6 Å². The first kappa shape index (κ1) is 18.5. The Labute approximate surface area is 147 Å². The van der Waals surface area contributed by atoms with Gasteiger partial charge in [-0.25, -0.2) is 9.78 Å². The molecule has 1 heterocycles. The number of halogens is 1. The summed E-state index contributed by atoms with van der Waals surface area (Å²) in [6.45, 7) is 5.35. The summed E-state index contributed by atoms with van der Waals surface area (Å²) in [6.07, 6.45) is 4.77. The predicted molar refractivity (Wildman–Crippen MR) is 93.0 cm³/mol. The van der Waals surface area contributed by atoms with Gasteiger partial charge in [-0.1, -0.05) is 24.4 Å². The average molecular weight is 354 g/mol. The fourth-order valence-electron chi connectivity index (χ4n) is 2.21. The fraction of sp³-hybridized carbons (Fsp3) is 0.588. The summed E-state index contributed by atoms with van der Waals surface area (Å²) in [5, 5.41) is 5.77. The Morgan fingerprint density at radius 1 is 1.38 bits per heavy atom. The molecular weight excluding hydrogens is 330 g/mol. The molecule has 1 unspecified atom stereocenters. The molecule has 0 aliphatic heterocycles. The summed E-state index contributed by atoms with van der Waals surface area (Å²) < 4.78 is 5.25. The van der Waals surface area contributed by atoms with Crippen LogP contribution in [0.1, 0.15) is 46.5 Å². The Morgan fingerprint density at radius 2 is 2.08 bits per heavy atom. The highest BCUT2D eigenvalue weighted by Gasteiger charge is 2.28. The number of amides is 2. The topological polar surface area (TPSA) is 80.3 Å². The Balaban J connectivity index is 1.96. The van der Waals surface area contributed by atoms with E-state index in [2.05, 4.69) is 15.6 Å². The highest BCUT2D eigenvalue weighted by Crippen LogP contribution is 2.34. The molecule has 0 radical (unpaired) electrons. The third kappa shape index (κ3) is 6.74. The van der Waals surface area contributed by atoms with Gasteiger partial charge >= 0.3 is 6.09 Å². The van der Waals surface area contributed by atoms with Crippen LogP contribution >= 0.6 is 11.6 Å². The maximum Gasteiger partial charge on any atom is 0.408 e. The van der Waals surface area contributed by atoms with Crippen LogP contribution < -0.4 is 10.6 Å². The van der Waals surface area contributed by atoms with Crippen molar-refractivity contribution in [3.63, 3.8) is 0 Å². The van der Waals surface area contributed by atoms with Crippen molar-refractivity contribution in [2.45, 2.75) is 58.1 Å². The van der Waals surface area contributed by atoms with E-state index in [1.54, 1.807) is 32.9 Å². The zero-order valence-corrected chi connectivity index (χ0v) is 15.0. The number of hydrogen-bond acceptors (Lipinski definition) is 4. The van der Waals surface area contributed by atoms with Crippen molar-refractivity contribution in [3.05, 3.63) is 23.5 Å². The molecular formula is C17H24ClN3O3. The average Bonchev–Trinajstić information content (AvgIpc) is 3.28. The molecule has 132 valence electrons. The van der Waals surface area contributed by atoms with E-state index in [-0.39, 0.29) is 5.91 Å². The molecule has 24 heavy (non-hydrogen) atoms. The van der Waals surface area contributed by atoms with Crippen molar-refractivity contribution in [2.24, 2.45) is 5.92 Å². The minimum atomic E-state index is -0.642. The Bertz CT molecular complexity index is 580. The lowest BCUT2D eigenvalue weighted by atomic mass is 10.1. The van der Waals surface area contributed by atoms with E-state index >= 15 is 0 Å². The van der Waals surface area contributed by atoms with Crippen LogP contribution in [0.25, 0.3) is 0 Å². The number of ether oxygens (including phenoxy) is 1.